The van der Waals surface area contributed by atoms with Crippen molar-refractivity contribution in [3.63, 3.8) is 0 Å². The molecule has 0 bridgehead atoms. The second-order valence-electron chi connectivity index (χ2n) is 7.66. The van der Waals surface area contributed by atoms with Crippen molar-refractivity contribution in [3.8, 4) is 0 Å². The van der Waals surface area contributed by atoms with Gasteiger partial charge in [0.15, 0.2) is 5.13 Å². The lowest BCUT2D eigenvalue weighted by molar-refractivity contribution is -0.122. The van der Waals surface area contributed by atoms with E-state index in [1.165, 1.54) is 11.3 Å². The minimum absolute atomic E-state index is 0.0110. The number of nitrogens with one attached hydrogen (secondary N) is 2. The Hall–Kier alpha value is -3.01. The van der Waals surface area contributed by atoms with E-state index in [4.69, 9.17) is 11.6 Å². The number of halogens is 1. The Kier molecular flexibility index (Phi) is 7.87. The molecule has 1 saturated heterocycles. The first kappa shape index (κ1) is 23.2. The lowest BCUT2D eigenvalue weighted by Crippen LogP contribution is -2.51. The third-order valence-corrected chi connectivity index (χ3v) is 6.28. The fourth-order valence-electron chi connectivity index (χ4n) is 3.49. The summed E-state index contributed by atoms with van der Waals surface area (Å²) in [4.78, 5) is 37.6. The normalized spacial score (nSPS) is 14.2. The molecule has 1 fully saturated rings. The Labute approximate surface area is 201 Å². The van der Waals surface area contributed by atoms with Crippen LogP contribution in [0, 0.1) is 0 Å². The van der Waals surface area contributed by atoms with Gasteiger partial charge in [-0.15, -0.1) is 11.3 Å². The first-order valence-corrected chi connectivity index (χ1v) is 12.0. The number of piperazine rings is 1. The number of thiazole rings is 1. The third-order valence-electron chi connectivity index (χ3n) is 5.27. The van der Waals surface area contributed by atoms with Crippen LogP contribution in [0.2, 0.25) is 5.02 Å². The molecule has 0 aliphatic carbocycles. The summed E-state index contributed by atoms with van der Waals surface area (Å²) < 4.78 is 0. The molecule has 2 aromatic heterocycles. The van der Waals surface area contributed by atoms with E-state index in [0.717, 1.165) is 11.4 Å². The summed E-state index contributed by atoms with van der Waals surface area (Å²) in [6.45, 7) is 3.33. The van der Waals surface area contributed by atoms with Crippen LogP contribution in [0.4, 0.5) is 10.8 Å². The maximum Gasteiger partial charge on any atom is 0.273 e. The van der Waals surface area contributed by atoms with E-state index in [1.54, 1.807) is 28.6 Å². The van der Waals surface area contributed by atoms with E-state index >= 15 is 0 Å². The highest BCUT2D eigenvalue weighted by Gasteiger charge is 2.24. The summed E-state index contributed by atoms with van der Waals surface area (Å²) in [5.74, 6) is -0.0991. The van der Waals surface area contributed by atoms with Crippen LogP contribution in [-0.2, 0) is 11.2 Å². The quantitative estimate of drug-likeness (QED) is 0.510. The smallest absolute Gasteiger partial charge is 0.273 e. The summed E-state index contributed by atoms with van der Waals surface area (Å²) in [7, 11) is 0. The molecule has 1 aliphatic rings. The number of benzene rings is 1. The largest absolute Gasteiger partial charge is 0.355 e. The predicted molar refractivity (Wildman–Crippen MR) is 130 cm³/mol. The van der Waals surface area contributed by atoms with Crippen molar-refractivity contribution in [2.75, 3.05) is 44.6 Å². The van der Waals surface area contributed by atoms with E-state index in [9.17, 15) is 9.59 Å². The van der Waals surface area contributed by atoms with Gasteiger partial charge in [-0.25, -0.2) is 4.98 Å². The molecule has 0 unspecified atom stereocenters. The molecule has 1 aromatic carbocycles. The molecule has 4 rings (SSSR count). The van der Waals surface area contributed by atoms with Gasteiger partial charge >= 0.3 is 0 Å². The number of nitrogens with zero attached hydrogens (tertiary/aromatic N) is 4. The number of rotatable bonds is 8. The van der Waals surface area contributed by atoms with Crippen LogP contribution in [0.15, 0.2) is 54.0 Å². The average molecular weight is 485 g/mol. The maximum absolute atomic E-state index is 12.8. The molecule has 0 spiro atoms. The van der Waals surface area contributed by atoms with Gasteiger partial charge in [-0.3, -0.25) is 19.5 Å². The molecule has 1 aliphatic heterocycles. The Morgan fingerprint density at radius 1 is 1.06 bits per heavy atom. The number of pyridine rings is 1. The highest BCUT2D eigenvalue weighted by molar-refractivity contribution is 7.14. The number of aromatic nitrogens is 2. The van der Waals surface area contributed by atoms with Crippen LogP contribution in [0.5, 0.6) is 0 Å². The summed E-state index contributed by atoms with van der Waals surface area (Å²) in [5, 5.41) is 9.21. The van der Waals surface area contributed by atoms with Crippen molar-refractivity contribution >= 4 is 45.6 Å². The van der Waals surface area contributed by atoms with Gasteiger partial charge in [-0.1, -0.05) is 17.7 Å². The maximum atomic E-state index is 12.8. The molecule has 33 heavy (non-hydrogen) atoms. The Balaban J connectivity index is 1.19. The van der Waals surface area contributed by atoms with Gasteiger partial charge in [0.2, 0.25) is 5.91 Å². The lowest BCUT2D eigenvalue weighted by Gasteiger charge is -2.33. The van der Waals surface area contributed by atoms with E-state index < -0.39 is 0 Å². The Bertz CT molecular complexity index is 1070. The van der Waals surface area contributed by atoms with Crippen LogP contribution in [0.25, 0.3) is 0 Å². The second kappa shape index (κ2) is 11.2. The Morgan fingerprint density at radius 2 is 1.85 bits per heavy atom. The van der Waals surface area contributed by atoms with E-state index in [-0.39, 0.29) is 11.8 Å². The summed E-state index contributed by atoms with van der Waals surface area (Å²) in [6.07, 6.45) is 2.46. The minimum atomic E-state index is -0.0881. The van der Waals surface area contributed by atoms with Gasteiger partial charge in [-0.05, 0) is 36.4 Å². The molecule has 0 saturated carbocycles. The molecule has 2 amide bonds. The van der Waals surface area contributed by atoms with Gasteiger partial charge in [0.25, 0.3) is 5.91 Å². The molecular formula is C23H25ClN6O2S. The van der Waals surface area contributed by atoms with Crippen molar-refractivity contribution < 1.29 is 9.59 Å². The summed E-state index contributed by atoms with van der Waals surface area (Å²) >= 11 is 7.30. The number of hydrogen-bond donors (Lipinski definition) is 2. The molecule has 0 atom stereocenters. The van der Waals surface area contributed by atoms with Crippen LogP contribution in [0.3, 0.4) is 0 Å². The van der Waals surface area contributed by atoms with E-state index in [2.05, 4.69) is 25.5 Å². The fraction of sp³-hybridized carbons (Fsp3) is 0.304. The molecule has 10 heteroatoms. The number of hydrogen-bond acceptors (Lipinski definition) is 7. The van der Waals surface area contributed by atoms with E-state index in [0.29, 0.717) is 61.5 Å². The van der Waals surface area contributed by atoms with Crippen LogP contribution >= 0.6 is 22.9 Å². The van der Waals surface area contributed by atoms with Crippen molar-refractivity contribution in [1.29, 1.82) is 0 Å². The minimum Gasteiger partial charge on any atom is -0.355 e. The number of anilines is 2. The highest BCUT2D eigenvalue weighted by Crippen LogP contribution is 2.23. The van der Waals surface area contributed by atoms with Crippen molar-refractivity contribution in [1.82, 2.24) is 25.1 Å². The average Bonchev–Trinajstić information content (AvgIpc) is 3.30. The molecule has 2 N–H and O–H groups in total. The number of carbonyl (C=O) groups excluding carboxylic acids is 2. The lowest BCUT2D eigenvalue weighted by atomic mass is 10.2. The monoisotopic (exact) mass is 484 g/mol. The SMILES string of the molecule is O=C(CN1CCN(C(=O)c2csc(Nc3ccc(Cl)cc3)n2)CC1)NCCc1ccccn1. The fourth-order valence-corrected chi connectivity index (χ4v) is 4.32. The zero-order valence-electron chi connectivity index (χ0n) is 18.0. The Morgan fingerprint density at radius 3 is 2.58 bits per heavy atom. The van der Waals surface area contributed by atoms with E-state index in [1.807, 2.05) is 30.3 Å². The predicted octanol–water partition coefficient (Wildman–Crippen LogP) is 3.05. The first-order valence-electron chi connectivity index (χ1n) is 10.7. The van der Waals surface area contributed by atoms with Crippen LogP contribution in [-0.4, -0.2) is 70.9 Å². The molecular weight excluding hydrogens is 460 g/mol. The van der Waals surface area contributed by atoms with Crippen LogP contribution < -0.4 is 10.6 Å². The first-order chi connectivity index (χ1) is 16.1. The topological polar surface area (TPSA) is 90.5 Å². The highest BCUT2D eigenvalue weighted by atomic mass is 35.5. The zero-order chi connectivity index (χ0) is 23.0. The van der Waals surface area contributed by atoms with Gasteiger partial charge in [0, 0.05) is 67.1 Å². The molecule has 3 heterocycles. The van der Waals surface area contributed by atoms with Gasteiger partial charge in [-0.2, -0.15) is 0 Å². The molecule has 0 radical (unpaired) electrons. The summed E-state index contributed by atoms with van der Waals surface area (Å²) in [5.41, 5.74) is 2.25. The van der Waals surface area contributed by atoms with Crippen LogP contribution in [0.1, 0.15) is 16.2 Å². The third kappa shape index (κ3) is 6.74. The molecule has 172 valence electrons. The molecule has 8 nitrogen and oxygen atoms in total. The summed E-state index contributed by atoms with van der Waals surface area (Å²) in [6, 6.07) is 13.1. The number of amides is 2. The zero-order valence-corrected chi connectivity index (χ0v) is 19.6. The molecule has 3 aromatic rings. The number of carbonyl (C=O) groups is 2. The second-order valence-corrected chi connectivity index (χ2v) is 8.95. The van der Waals surface area contributed by atoms with Gasteiger partial charge in [0.05, 0.1) is 6.54 Å². The van der Waals surface area contributed by atoms with Gasteiger partial charge in [0.1, 0.15) is 5.69 Å². The standard InChI is InChI=1S/C23H25ClN6O2S/c24-17-4-6-19(7-5-17)27-23-28-20(16-33-23)22(32)30-13-11-29(12-14-30)15-21(31)26-10-8-18-3-1-2-9-25-18/h1-7,9,16H,8,10-15H2,(H,26,31)(H,27,28). The van der Waals surface area contributed by atoms with Crippen molar-refractivity contribution in [2.24, 2.45) is 0 Å². The van der Waals surface area contributed by atoms with Crippen molar-refractivity contribution in [2.45, 2.75) is 6.42 Å². The van der Waals surface area contributed by atoms with Crippen molar-refractivity contribution in [3.05, 3.63) is 70.5 Å². The van der Waals surface area contributed by atoms with Gasteiger partial charge < -0.3 is 15.5 Å².